The van der Waals surface area contributed by atoms with Crippen LogP contribution in [0.4, 0.5) is 0 Å². The summed E-state index contributed by atoms with van der Waals surface area (Å²) in [5.74, 6) is -3.83. The minimum atomic E-state index is -2.23. The van der Waals surface area contributed by atoms with Crippen molar-refractivity contribution in [2.24, 2.45) is 5.92 Å². The number of hydrogen-bond donors (Lipinski definition) is 1. The monoisotopic (exact) mass is 433 g/mol. The largest absolute Gasteiger partial charge is 0.467 e. The van der Waals surface area contributed by atoms with E-state index in [0.717, 1.165) is 21.0 Å². The summed E-state index contributed by atoms with van der Waals surface area (Å²) in [5, 5.41) is 7.66. The zero-order valence-electron chi connectivity index (χ0n) is 14.3. The maximum Gasteiger partial charge on any atom is 0.335 e. The maximum absolute atomic E-state index is 12.0. The Morgan fingerprint density at radius 1 is 1.00 bits per heavy atom. The predicted molar refractivity (Wildman–Crippen MR) is 90.1 cm³/mol. The first kappa shape index (κ1) is 22.8. The lowest BCUT2D eigenvalue weighted by Gasteiger charge is -2.42. The summed E-state index contributed by atoms with van der Waals surface area (Å²) in [4.78, 5) is 34.9. The van der Waals surface area contributed by atoms with E-state index in [9.17, 15) is 14.4 Å². The lowest BCUT2D eigenvalue weighted by molar-refractivity contribution is -0.270. The van der Waals surface area contributed by atoms with Crippen molar-refractivity contribution < 1.29 is 38.1 Å². The fourth-order valence-electron chi connectivity index (χ4n) is 2.32. The highest BCUT2D eigenvalue weighted by molar-refractivity contribution is 6.76. The Kier molecular flexibility index (Phi) is 7.94. The van der Waals surface area contributed by atoms with Gasteiger partial charge in [0, 0.05) is 19.8 Å². The highest BCUT2D eigenvalue weighted by atomic mass is 35.6. The van der Waals surface area contributed by atoms with Crippen LogP contribution in [-0.4, -0.2) is 59.3 Å². The SMILES string of the molecule is COC(=O)[C@H]1O[C@@H](OC(=N)C(Cl)(Cl)Cl)[C@H](OC(C)=O)[C@@H](OC(C)=O)[C@@H]1C. The summed E-state index contributed by atoms with van der Waals surface area (Å²) in [5.41, 5.74) is 0. The lowest BCUT2D eigenvalue weighted by Crippen LogP contribution is -2.60. The van der Waals surface area contributed by atoms with E-state index in [2.05, 4.69) is 4.74 Å². The molecular formula is C14H18Cl3NO8. The van der Waals surface area contributed by atoms with Crippen molar-refractivity contribution in [1.29, 1.82) is 5.41 Å². The van der Waals surface area contributed by atoms with Crippen molar-refractivity contribution in [3.05, 3.63) is 0 Å². The van der Waals surface area contributed by atoms with Crippen LogP contribution in [0.25, 0.3) is 0 Å². The summed E-state index contributed by atoms with van der Waals surface area (Å²) in [6.07, 6.45) is -5.27. The van der Waals surface area contributed by atoms with E-state index in [0.29, 0.717) is 0 Å². The minimum absolute atomic E-state index is 0.695. The second kappa shape index (κ2) is 9.07. The third kappa shape index (κ3) is 5.87. The second-order valence-corrected chi connectivity index (χ2v) is 7.68. The van der Waals surface area contributed by atoms with Crippen molar-refractivity contribution in [3.63, 3.8) is 0 Å². The van der Waals surface area contributed by atoms with Crippen LogP contribution in [0.1, 0.15) is 20.8 Å². The van der Waals surface area contributed by atoms with Crippen molar-refractivity contribution >= 4 is 58.6 Å². The molecule has 148 valence electrons. The molecule has 0 aromatic rings. The molecule has 26 heavy (non-hydrogen) atoms. The predicted octanol–water partition coefficient (Wildman–Crippen LogP) is 1.75. The Morgan fingerprint density at radius 3 is 1.92 bits per heavy atom. The number of ether oxygens (including phenoxy) is 5. The first-order chi connectivity index (χ1) is 11.9. The third-order valence-electron chi connectivity index (χ3n) is 3.40. The van der Waals surface area contributed by atoms with Gasteiger partial charge in [-0.2, -0.15) is 0 Å². The number of rotatable bonds is 4. The van der Waals surface area contributed by atoms with E-state index in [1.54, 1.807) is 0 Å². The first-order valence-corrected chi connectivity index (χ1v) is 8.42. The van der Waals surface area contributed by atoms with Gasteiger partial charge in [0.05, 0.1) is 7.11 Å². The smallest absolute Gasteiger partial charge is 0.335 e. The molecule has 5 atom stereocenters. The molecule has 1 N–H and O–H groups in total. The van der Waals surface area contributed by atoms with Crippen molar-refractivity contribution in [2.75, 3.05) is 7.11 Å². The van der Waals surface area contributed by atoms with E-state index < -0.39 is 58.1 Å². The summed E-state index contributed by atoms with van der Waals surface area (Å²) >= 11 is 16.7. The van der Waals surface area contributed by atoms with Gasteiger partial charge in [0.25, 0.3) is 3.79 Å². The summed E-state index contributed by atoms with van der Waals surface area (Å²) in [6.45, 7) is 3.78. The second-order valence-electron chi connectivity index (χ2n) is 5.40. The number of hydrogen-bond acceptors (Lipinski definition) is 9. The molecule has 0 unspecified atom stereocenters. The zero-order valence-corrected chi connectivity index (χ0v) is 16.6. The Balaban J connectivity index is 3.25. The molecule has 9 nitrogen and oxygen atoms in total. The average Bonchev–Trinajstić information content (AvgIpc) is 2.50. The van der Waals surface area contributed by atoms with Crippen LogP contribution in [-0.2, 0) is 38.1 Å². The number of carbonyl (C=O) groups is 3. The zero-order chi connectivity index (χ0) is 20.2. The van der Waals surface area contributed by atoms with E-state index >= 15 is 0 Å². The molecule has 12 heteroatoms. The molecule has 0 aromatic carbocycles. The number of halogens is 3. The lowest BCUT2D eigenvalue weighted by atomic mass is 9.90. The Labute approximate surface area is 164 Å². The van der Waals surface area contributed by atoms with Gasteiger partial charge in [0.1, 0.15) is 0 Å². The first-order valence-electron chi connectivity index (χ1n) is 7.28. The van der Waals surface area contributed by atoms with E-state index in [1.807, 2.05) is 0 Å². The normalized spacial score (nSPS) is 28.7. The highest BCUT2D eigenvalue weighted by Gasteiger charge is 2.52. The number of alkyl halides is 3. The van der Waals surface area contributed by atoms with E-state index in [4.69, 9.17) is 59.2 Å². The summed E-state index contributed by atoms with van der Waals surface area (Å²) < 4.78 is 23.3. The number of esters is 3. The van der Waals surface area contributed by atoms with Crippen molar-refractivity contribution in [2.45, 2.75) is 49.2 Å². The molecule has 1 aliphatic heterocycles. The third-order valence-corrected chi connectivity index (χ3v) is 3.91. The van der Waals surface area contributed by atoms with Gasteiger partial charge in [0.2, 0.25) is 18.3 Å². The molecule has 0 aromatic heterocycles. The summed E-state index contributed by atoms with van der Waals surface area (Å²) in [6, 6.07) is 0. The number of nitrogens with one attached hydrogen (secondary N) is 1. The Morgan fingerprint density at radius 2 is 1.50 bits per heavy atom. The van der Waals surface area contributed by atoms with Crippen molar-refractivity contribution in [3.8, 4) is 0 Å². The van der Waals surface area contributed by atoms with Crippen LogP contribution in [0.15, 0.2) is 0 Å². The van der Waals surface area contributed by atoms with Crippen LogP contribution < -0.4 is 0 Å². The molecule has 0 aliphatic carbocycles. The fraction of sp³-hybridized carbons (Fsp3) is 0.714. The van der Waals surface area contributed by atoms with Gasteiger partial charge >= 0.3 is 17.9 Å². The van der Waals surface area contributed by atoms with Gasteiger partial charge in [-0.05, 0) is 0 Å². The molecule has 0 spiro atoms. The number of methoxy groups -OCH3 is 1. The van der Waals surface area contributed by atoms with Crippen molar-refractivity contribution in [1.82, 2.24) is 0 Å². The van der Waals surface area contributed by atoms with Crippen LogP contribution in [0.5, 0.6) is 0 Å². The molecule has 1 fully saturated rings. The topological polar surface area (TPSA) is 121 Å². The molecule has 0 bridgehead atoms. The van der Waals surface area contributed by atoms with Gasteiger partial charge in [-0.15, -0.1) is 0 Å². The van der Waals surface area contributed by atoms with E-state index in [-0.39, 0.29) is 0 Å². The molecule has 0 amide bonds. The van der Waals surface area contributed by atoms with Gasteiger partial charge in [-0.3, -0.25) is 15.0 Å². The quantitative estimate of drug-likeness (QED) is 0.233. The maximum atomic E-state index is 12.0. The van der Waals surface area contributed by atoms with Gasteiger partial charge < -0.3 is 23.7 Å². The number of carbonyl (C=O) groups excluding carboxylic acids is 3. The summed E-state index contributed by atoms with van der Waals surface area (Å²) in [7, 11) is 1.14. The Hall–Kier alpha value is -1.29. The van der Waals surface area contributed by atoms with E-state index in [1.165, 1.54) is 6.92 Å². The Bertz CT molecular complexity index is 579. The molecule has 1 aliphatic rings. The van der Waals surface area contributed by atoms with Gasteiger partial charge in [0.15, 0.2) is 12.2 Å². The molecule has 1 heterocycles. The van der Waals surface area contributed by atoms with Gasteiger partial charge in [-0.25, -0.2) is 4.79 Å². The standard InChI is InChI=1S/C14H18Cl3NO8/c1-5-8(23-6(2)19)10(24-7(3)20)12(25-9(5)11(21)22-4)26-13(18)14(15,16)17/h5,8-10,12,18H,1-4H3/t5-,8-,9-,10+,12-/m0/s1. The minimum Gasteiger partial charge on any atom is -0.467 e. The fourth-order valence-corrected chi connectivity index (χ4v) is 2.45. The highest BCUT2D eigenvalue weighted by Crippen LogP contribution is 2.34. The van der Waals surface area contributed by atoms with Crippen LogP contribution in [0.2, 0.25) is 0 Å². The molecule has 0 radical (unpaired) electrons. The van der Waals surface area contributed by atoms with Crippen LogP contribution in [0, 0.1) is 11.3 Å². The van der Waals surface area contributed by atoms with Crippen LogP contribution >= 0.6 is 34.8 Å². The average molecular weight is 435 g/mol. The molecule has 1 rings (SSSR count). The molecular weight excluding hydrogens is 417 g/mol. The van der Waals surface area contributed by atoms with Crippen LogP contribution in [0.3, 0.4) is 0 Å². The molecule has 0 saturated carbocycles. The molecule has 1 saturated heterocycles. The van der Waals surface area contributed by atoms with Gasteiger partial charge in [-0.1, -0.05) is 41.7 Å².